The van der Waals surface area contributed by atoms with Crippen molar-refractivity contribution in [3.8, 4) is 0 Å². The zero-order valence-electron chi connectivity index (χ0n) is 43.6. The lowest BCUT2D eigenvalue weighted by Crippen LogP contribution is -2.68. The lowest BCUT2D eigenvalue weighted by Gasteiger charge is -2.48. The van der Waals surface area contributed by atoms with Gasteiger partial charge in [-0.15, -0.1) is 0 Å². The molecule has 0 aliphatic carbocycles. The number of benzene rings is 6. The summed E-state index contributed by atoms with van der Waals surface area (Å²) in [5.74, 6) is 0. The van der Waals surface area contributed by atoms with Gasteiger partial charge in [-0.3, -0.25) is 0 Å². The molecule has 0 radical (unpaired) electrons. The van der Waals surface area contributed by atoms with Crippen LogP contribution in [0.25, 0.3) is 0 Å². The predicted molar refractivity (Wildman–Crippen MR) is 290 cm³/mol. The van der Waals surface area contributed by atoms with E-state index in [0.29, 0.717) is 6.61 Å². The molecule has 0 amide bonds. The number of hydrogen-bond acceptors (Lipinski definition) is 13. The molecule has 402 valence electrons. The van der Waals surface area contributed by atoms with Gasteiger partial charge >= 0.3 is 0 Å². The molecular weight excluding hydrogens is 981 g/mol. The molecule has 0 unspecified atom stereocenters. The van der Waals surface area contributed by atoms with Gasteiger partial charge < -0.3 is 62.4 Å². The number of hydrogen-bond donors (Lipinski definition) is 3. The second kappa shape index (κ2) is 26.3. The molecule has 0 spiro atoms. The molecule has 0 aromatic heterocycles. The summed E-state index contributed by atoms with van der Waals surface area (Å²) in [6.07, 6.45) is -10.9. The van der Waals surface area contributed by atoms with E-state index in [4.69, 9.17) is 47.1 Å². The van der Waals surface area contributed by atoms with E-state index in [2.05, 4.69) is 45.0 Å². The molecule has 76 heavy (non-hydrogen) atoms. The number of ether oxygens (including phenoxy) is 9. The van der Waals surface area contributed by atoms with Gasteiger partial charge in [-0.1, -0.05) is 203 Å². The van der Waals surface area contributed by atoms with Gasteiger partial charge in [0.1, 0.15) is 61.0 Å². The fourth-order valence-electron chi connectivity index (χ4n) is 10.3. The van der Waals surface area contributed by atoms with E-state index < -0.39 is 88.0 Å². The van der Waals surface area contributed by atoms with Gasteiger partial charge in [-0.05, 0) is 50.7 Å². The van der Waals surface area contributed by atoms with Gasteiger partial charge in [-0.2, -0.15) is 0 Å². The number of aliphatic hydroxyl groups is 3. The van der Waals surface area contributed by atoms with Crippen molar-refractivity contribution in [2.75, 3.05) is 13.2 Å². The van der Waals surface area contributed by atoms with Crippen molar-refractivity contribution in [3.05, 3.63) is 217 Å². The van der Waals surface area contributed by atoms with Crippen LogP contribution in [-0.2, 0) is 73.5 Å². The predicted octanol–water partition coefficient (Wildman–Crippen LogP) is 7.77. The summed E-state index contributed by atoms with van der Waals surface area (Å²) in [5, 5.41) is 36.2. The van der Waals surface area contributed by atoms with Crippen molar-refractivity contribution in [1.82, 2.24) is 0 Å². The molecule has 13 atom stereocenters. The van der Waals surface area contributed by atoms with Crippen LogP contribution in [0, 0.1) is 0 Å². The molecule has 3 heterocycles. The van der Waals surface area contributed by atoms with E-state index in [9.17, 15) is 15.3 Å². The molecule has 13 nitrogen and oxygen atoms in total. The van der Waals surface area contributed by atoms with Gasteiger partial charge in [0.15, 0.2) is 12.6 Å². The normalized spacial score (nSPS) is 27.9. The summed E-state index contributed by atoms with van der Waals surface area (Å²) in [5.41, 5.74) is 3.81. The van der Waals surface area contributed by atoms with Crippen LogP contribution in [0.1, 0.15) is 49.9 Å². The summed E-state index contributed by atoms with van der Waals surface area (Å²) < 4.78 is 67.9. The Kier molecular flexibility index (Phi) is 19.2. The Hall–Kier alpha value is -5.40. The molecule has 3 N–H and O–H groups in total. The largest absolute Gasteiger partial charge is 0.493 e. The molecule has 2 fully saturated rings. The van der Waals surface area contributed by atoms with Crippen LogP contribution in [0.15, 0.2) is 194 Å². The first kappa shape index (κ1) is 55.4. The zero-order valence-corrected chi connectivity index (χ0v) is 44.6. The summed E-state index contributed by atoms with van der Waals surface area (Å²) in [7, 11) is -3.16. The van der Waals surface area contributed by atoms with Crippen molar-refractivity contribution >= 4 is 18.7 Å². The maximum atomic E-state index is 11.7. The van der Waals surface area contributed by atoms with Gasteiger partial charge in [0, 0.05) is 0 Å². The van der Waals surface area contributed by atoms with E-state index in [-0.39, 0.29) is 38.1 Å². The van der Waals surface area contributed by atoms with Crippen LogP contribution in [0.2, 0.25) is 5.04 Å². The third kappa shape index (κ3) is 13.5. The minimum absolute atomic E-state index is 0.00777. The van der Waals surface area contributed by atoms with Crippen LogP contribution >= 0.6 is 0 Å². The molecule has 9 rings (SSSR count). The van der Waals surface area contributed by atoms with E-state index in [1.165, 1.54) is 0 Å². The van der Waals surface area contributed by atoms with Crippen LogP contribution < -0.4 is 10.4 Å². The highest BCUT2D eigenvalue weighted by molar-refractivity contribution is 6.99. The highest BCUT2D eigenvalue weighted by Crippen LogP contribution is 2.39. The minimum atomic E-state index is -3.16. The SMILES string of the molecule is C[C@@H]1O[C@@H](O[C@@H]2C=CO[C@H](CO[Si](c3ccccc3)(c3ccccc3)C(C)(C)C)[C@H]2O[C@@H]2O[C@H](COCc3ccccc3)[C@H](O)[C@H](O)[C@H]2O)[C@@H](OCc2ccccc2)[C@H](OCc2ccccc2)[C@@H]1OCc1ccccc1. The van der Waals surface area contributed by atoms with Crippen LogP contribution in [0.4, 0.5) is 0 Å². The molecule has 0 bridgehead atoms. The van der Waals surface area contributed by atoms with E-state index in [1.54, 1.807) is 12.3 Å². The zero-order chi connectivity index (χ0) is 52.9. The Balaban J connectivity index is 1.06. The van der Waals surface area contributed by atoms with Crippen molar-refractivity contribution < 1.29 is 62.4 Å². The van der Waals surface area contributed by atoms with Crippen molar-refractivity contribution in [1.29, 1.82) is 0 Å². The second-order valence-corrected chi connectivity index (χ2v) is 25.0. The first-order valence-electron chi connectivity index (χ1n) is 26.3. The molecule has 3 aliphatic heterocycles. The Morgan fingerprint density at radius 1 is 0.461 bits per heavy atom. The summed E-state index contributed by atoms with van der Waals surface area (Å²) in [4.78, 5) is 0. The summed E-state index contributed by atoms with van der Waals surface area (Å²) in [6, 6.07) is 60.0. The molecule has 6 aromatic carbocycles. The average Bonchev–Trinajstić information content (AvgIpc) is 3.48. The molecule has 2 saturated heterocycles. The van der Waals surface area contributed by atoms with E-state index in [0.717, 1.165) is 32.6 Å². The smallest absolute Gasteiger partial charge is 0.261 e. The highest BCUT2D eigenvalue weighted by atomic mass is 28.4. The maximum Gasteiger partial charge on any atom is 0.261 e. The molecule has 0 saturated carbocycles. The second-order valence-electron chi connectivity index (χ2n) is 20.7. The third-order valence-corrected chi connectivity index (χ3v) is 19.3. The Morgan fingerprint density at radius 2 is 0.921 bits per heavy atom. The van der Waals surface area contributed by atoms with E-state index >= 15 is 0 Å². The van der Waals surface area contributed by atoms with Crippen LogP contribution in [0.3, 0.4) is 0 Å². The lowest BCUT2D eigenvalue weighted by molar-refractivity contribution is -0.351. The fourth-order valence-corrected chi connectivity index (χ4v) is 14.9. The summed E-state index contributed by atoms with van der Waals surface area (Å²) >= 11 is 0. The first-order chi connectivity index (χ1) is 37.0. The first-order valence-corrected chi connectivity index (χ1v) is 28.2. The number of rotatable bonds is 22. The standard InChI is InChI=1S/C62H72O13Si/c1-43-56(68-38-45-25-13-6-14-26-45)58(69-39-46-27-15-7-16-28-46)59(70-40-47-29-17-8-18-30-47)61(72-43)73-50-35-36-67-52(42-71-76(62(2,3)4,48-31-19-9-20-32-48)49-33-21-10-22-34-49)57(50)75-60-55(65)54(64)53(63)51(74-60)41-66-37-44-23-11-5-12-24-44/h5-36,43,50-61,63-65H,37-42H2,1-4H3/t43-,50+,51+,52+,53-,54-,55+,56+,57-,58+,59-,60-,61-/m0/s1. The topological polar surface area (TPSA) is 153 Å². The monoisotopic (exact) mass is 1050 g/mol. The molecular formula is C62H72O13Si. The lowest BCUT2D eigenvalue weighted by atomic mass is 9.97. The van der Waals surface area contributed by atoms with Gasteiger partial charge in [0.25, 0.3) is 8.32 Å². The Labute approximate surface area is 448 Å². The van der Waals surface area contributed by atoms with Gasteiger partial charge in [-0.25, -0.2) is 0 Å². The maximum absolute atomic E-state index is 11.7. The quantitative estimate of drug-likeness (QED) is 0.0569. The van der Waals surface area contributed by atoms with Gasteiger partial charge in [0.05, 0.1) is 52.0 Å². The Morgan fingerprint density at radius 3 is 1.42 bits per heavy atom. The van der Waals surface area contributed by atoms with Crippen LogP contribution in [-0.4, -0.2) is 117 Å². The Bertz CT molecular complexity index is 2610. The molecule has 14 heteroatoms. The highest BCUT2D eigenvalue weighted by Gasteiger charge is 2.54. The van der Waals surface area contributed by atoms with Crippen LogP contribution in [0.5, 0.6) is 0 Å². The molecule has 6 aromatic rings. The minimum Gasteiger partial charge on any atom is -0.493 e. The number of aliphatic hydroxyl groups excluding tert-OH is 3. The summed E-state index contributed by atoms with van der Waals surface area (Å²) in [6.45, 7) is 9.43. The average molecular weight is 1050 g/mol. The van der Waals surface area contributed by atoms with E-state index in [1.807, 2.05) is 165 Å². The van der Waals surface area contributed by atoms with Crippen molar-refractivity contribution in [3.63, 3.8) is 0 Å². The fraction of sp³-hybridized carbons (Fsp3) is 0.387. The van der Waals surface area contributed by atoms with Crippen molar-refractivity contribution in [2.45, 2.75) is 139 Å². The van der Waals surface area contributed by atoms with Gasteiger partial charge in [0.2, 0.25) is 0 Å². The van der Waals surface area contributed by atoms with Crippen molar-refractivity contribution in [2.24, 2.45) is 0 Å². The third-order valence-electron chi connectivity index (χ3n) is 14.3. The molecule has 3 aliphatic rings.